The van der Waals surface area contributed by atoms with Crippen molar-refractivity contribution in [3.05, 3.63) is 29.8 Å². The number of amides is 1. The van der Waals surface area contributed by atoms with Gasteiger partial charge in [-0.25, -0.2) is 4.79 Å². The number of carbonyl (C=O) groups is 2. The molecule has 0 radical (unpaired) electrons. The highest BCUT2D eigenvalue weighted by Gasteiger charge is 2.06. The average molecular weight is 293 g/mol. The Bertz CT molecular complexity index is 458. The Morgan fingerprint density at radius 3 is 2.38 bits per heavy atom. The van der Waals surface area contributed by atoms with Gasteiger partial charge in [-0.2, -0.15) is 0 Å². The summed E-state index contributed by atoms with van der Waals surface area (Å²) in [5.74, 6) is -0.448. The summed E-state index contributed by atoms with van der Waals surface area (Å²) in [5.41, 5.74) is 1.13. The number of likely N-dealkylation sites (N-methyl/N-ethyl adjacent to an activating group) is 1. The third kappa shape index (κ3) is 6.87. The normalized spacial score (nSPS) is 10.5. The topological polar surface area (TPSA) is 70.7 Å². The SMILES string of the molecule is COC(=O)c1ccc(NC(=O)CCNCCN(C)C)cc1. The largest absolute Gasteiger partial charge is 0.465 e. The van der Waals surface area contributed by atoms with E-state index in [9.17, 15) is 9.59 Å². The molecule has 1 aromatic rings. The van der Waals surface area contributed by atoms with E-state index in [4.69, 9.17) is 0 Å². The van der Waals surface area contributed by atoms with Crippen LogP contribution in [0, 0.1) is 0 Å². The second-order valence-corrected chi connectivity index (χ2v) is 4.92. The number of nitrogens with zero attached hydrogens (tertiary/aromatic N) is 1. The van der Waals surface area contributed by atoms with Crippen LogP contribution in [0.4, 0.5) is 5.69 Å². The Hall–Kier alpha value is -1.92. The number of anilines is 1. The lowest BCUT2D eigenvalue weighted by Gasteiger charge is -2.10. The number of methoxy groups -OCH3 is 1. The van der Waals surface area contributed by atoms with Gasteiger partial charge in [-0.3, -0.25) is 4.79 Å². The molecule has 0 unspecified atom stereocenters. The number of rotatable bonds is 8. The molecule has 0 spiro atoms. The molecule has 0 bridgehead atoms. The Morgan fingerprint density at radius 2 is 1.81 bits per heavy atom. The monoisotopic (exact) mass is 293 g/mol. The maximum Gasteiger partial charge on any atom is 0.337 e. The zero-order valence-corrected chi connectivity index (χ0v) is 12.8. The number of esters is 1. The van der Waals surface area contributed by atoms with E-state index in [-0.39, 0.29) is 5.91 Å². The van der Waals surface area contributed by atoms with Crippen molar-refractivity contribution in [2.75, 3.05) is 46.2 Å². The first kappa shape index (κ1) is 17.1. The first-order valence-electron chi connectivity index (χ1n) is 6.86. The van der Waals surface area contributed by atoms with Gasteiger partial charge < -0.3 is 20.3 Å². The van der Waals surface area contributed by atoms with E-state index in [2.05, 4.69) is 20.3 Å². The molecular weight excluding hydrogens is 270 g/mol. The lowest BCUT2D eigenvalue weighted by Crippen LogP contribution is -2.29. The summed E-state index contributed by atoms with van der Waals surface area (Å²) in [6.07, 6.45) is 0.409. The Balaban J connectivity index is 2.29. The molecule has 0 saturated carbocycles. The first-order valence-corrected chi connectivity index (χ1v) is 6.86. The Morgan fingerprint density at radius 1 is 1.14 bits per heavy atom. The van der Waals surface area contributed by atoms with Crippen molar-refractivity contribution in [3.63, 3.8) is 0 Å². The van der Waals surface area contributed by atoms with Crippen LogP contribution in [0.25, 0.3) is 0 Å². The second-order valence-electron chi connectivity index (χ2n) is 4.92. The number of hydrogen-bond donors (Lipinski definition) is 2. The zero-order chi connectivity index (χ0) is 15.7. The molecule has 1 aromatic carbocycles. The van der Waals surface area contributed by atoms with Crippen LogP contribution in [0.15, 0.2) is 24.3 Å². The predicted molar refractivity (Wildman–Crippen MR) is 82.5 cm³/mol. The fraction of sp³-hybridized carbons (Fsp3) is 0.467. The minimum atomic E-state index is -0.391. The summed E-state index contributed by atoms with van der Waals surface area (Å²) < 4.78 is 4.61. The number of ether oxygens (including phenoxy) is 1. The van der Waals surface area contributed by atoms with Crippen molar-refractivity contribution >= 4 is 17.6 Å². The van der Waals surface area contributed by atoms with E-state index in [0.717, 1.165) is 13.1 Å². The van der Waals surface area contributed by atoms with E-state index in [0.29, 0.717) is 24.2 Å². The molecule has 6 nitrogen and oxygen atoms in total. The lowest BCUT2D eigenvalue weighted by molar-refractivity contribution is -0.116. The molecule has 0 atom stereocenters. The van der Waals surface area contributed by atoms with Gasteiger partial charge in [0.05, 0.1) is 12.7 Å². The van der Waals surface area contributed by atoms with E-state index < -0.39 is 5.97 Å². The molecule has 0 aliphatic rings. The van der Waals surface area contributed by atoms with Gasteiger partial charge in [-0.05, 0) is 38.4 Å². The summed E-state index contributed by atoms with van der Waals surface area (Å²) in [4.78, 5) is 25.1. The van der Waals surface area contributed by atoms with Crippen molar-refractivity contribution in [2.45, 2.75) is 6.42 Å². The van der Waals surface area contributed by atoms with Crippen molar-refractivity contribution in [2.24, 2.45) is 0 Å². The summed E-state index contributed by atoms with van der Waals surface area (Å²) in [7, 11) is 5.35. The van der Waals surface area contributed by atoms with Crippen LogP contribution in [0.3, 0.4) is 0 Å². The maximum atomic E-state index is 11.7. The van der Waals surface area contributed by atoms with Crippen molar-refractivity contribution in [1.29, 1.82) is 0 Å². The van der Waals surface area contributed by atoms with Crippen LogP contribution in [0.1, 0.15) is 16.8 Å². The number of nitrogens with one attached hydrogen (secondary N) is 2. The van der Waals surface area contributed by atoms with Gasteiger partial charge in [0.25, 0.3) is 0 Å². The lowest BCUT2D eigenvalue weighted by atomic mass is 10.2. The second kappa shape index (κ2) is 9.10. The summed E-state index contributed by atoms with van der Waals surface area (Å²) in [5, 5.41) is 5.99. The van der Waals surface area contributed by atoms with E-state index >= 15 is 0 Å². The number of hydrogen-bond acceptors (Lipinski definition) is 5. The number of carbonyl (C=O) groups excluding carboxylic acids is 2. The predicted octanol–water partition coefficient (Wildman–Crippen LogP) is 0.953. The Labute approximate surface area is 125 Å². The third-order valence-corrected chi connectivity index (χ3v) is 2.85. The molecule has 0 heterocycles. The summed E-state index contributed by atoms with van der Waals surface area (Å²) in [6, 6.07) is 6.61. The highest BCUT2D eigenvalue weighted by Crippen LogP contribution is 2.10. The van der Waals surface area contributed by atoms with Crippen LogP contribution in [-0.2, 0) is 9.53 Å². The molecule has 1 rings (SSSR count). The minimum Gasteiger partial charge on any atom is -0.465 e. The van der Waals surface area contributed by atoms with Gasteiger partial charge in [-0.1, -0.05) is 0 Å². The van der Waals surface area contributed by atoms with Crippen molar-refractivity contribution < 1.29 is 14.3 Å². The molecular formula is C15H23N3O3. The molecule has 21 heavy (non-hydrogen) atoms. The third-order valence-electron chi connectivity index (χ3n) is 2.85. The van der Waals surface area contributed by atoms with Gasteiger partial charge >= 0.3 is 5.97 Å². The molecule has 0 aromatic heterocycles. The van der Waals surface area contributed by atoms with E-state index in [1.807, 2.05) is 14.1 Å². The highest BCUT2D eigenvalue weighted by molar-refractivity contribution is 5.93. The van der Waals surface area contributed by atoms with Crippen molar-refractivity contribution in [3.8, 4) is 0 Å². The van der Waals surface area contributed by atoms with Gasteiger partial charge in [0.2, 0.25) is 5.91 Å². The minimum absolute atomic E-state index is 0.0572. The van der Waals surface area contributed by atoms with Crippen LogP contribution in [-0.4, -0.2) is 57.6 Å². The van der Waals surface area contributed by atoms with Crippen molar-refractivity contribution in [1.82, 2.24) is 10.2 Å². The molecule has 1 amide bonds. The molecule has 2 N–H and O–H groups in total. The standard InChI is InChI=1S/C15H23N3O3/c1-18(2)11-10-16-9-8-14(19)17-13-6-4-12(5-7-13)15(20)21-3/h4-7,16H,8-11H2,1-3H3,(H,17,19). The van der Waals surface area contributed by atoms with Crippen LogP contribution in [0.2, 0.25) is 0 Å². The Kier molecular flexibility index (Phi) is 7.42. The first-order chi connectivity index (χ1) is 10.0. The molecule has 6 heteroatoms. The fourth-order valence-corrected chi connectivity index (χ4v) is 1.66. The maximum absolute atomic E-state index is 11.7. The number of benzene rings is 1. The zero-order valence-electron chi connectivity index (χ0n) is 12.8. The molecule has 0 aliphatic heterocycles. The smallest absolute Gasteiger partial charge is 0.337 e. The summed E-state index contributed by atoms with van der Waals surface area (Å²) in [6.45, 7) is 2.44. The molecule has 0 fully saturated rings. The fourth-order valence-electron chi connectivity index (χ4n) is 1.66. The van der Waals surface area contributed by atoms with Gasteiger partial charge in [-0.15, -0.1) is 0 Å². The summed E-state index contributed by atoms with van der Waals surface area (Å²) >= 11 is 0. The molecule has 0 saturated heterocycles. The van der Waals surface area contributed by atoms with Crippen LogP contribution < -0.4 is 10.6 Å². The highest BCUT2D eigenvalue weighted by atomic mass is 16.5. The average Bonchev–Trinajstić information content (AvgIpc) is 2.46. The molecule has 0 aliphatic carbocycles. The van der Waals surface area contributed by atoms with Gasteiger partial charge in [0.1, 0.15) is 0 Å². The van der Waals surface area contributed by atoms with Gasteiger partial charge in [0.15, 0.2) is 0 Å². The van der Waals surface area contributed by atoms with Crippen LogP contribution >= 0.6 is 0 Å². The quantitative estimate of drug-likeness (QED) is 0.552. The van der Waals surface area contributed by atoms with Crippen LogP contribution in [0.5, 0.6) is 0 Å². The van der Waals surface area contributed by atoms with E-state index in [1.165, 1.54) is 7.11 Å². The van der Waals surface area contributed by atoms with E-state index in [1.54, 1.807) is 24.3 Å². The molecule has 116 valence electrons. The van der Waals surface area contributed by atoms with Gasteiger partial charge in [0, 0.05) is 31.7 Å².